The number of ether oxygens (including phenoxy) is 2. The lowest BCUT2D eigenvalue weighted by Gasteiger charge is -2.35. The van der Waals surface area contributed by atoms with Gasteiger partial charge in [-0.25, -0.2) is 0 Å². The number of rotatable bonds is 2. The molecule has 1 fully saturated rings. The zero-order valence-electron chi connectivity index (χ0n) is 7.64. The van der Waals surface area contributed by atoms with Crippen molar-refractivity contribution in [1.82, 2.24) is 0 Å². The van der Waals surface area contributed by atoms with E-state index in [1.807, 2.05) is 0 Å². The number of aliphatic hydroxyl groups is 1. The Bertz CT molecular complexity index is 190. The van der Waals surface area contributed by atoms with Gasteiger partial charge < -0.3 is 20.3 Å². The summed E-state index contributed by atoms with van der Waals surface area (Å²) >= 11 is 0. The van der Waals surface area contributed by atoms with Gasteiger partial charge in [-0.15, -0.1) is 6.42 Å². The molecular formula is C9H15NO3. The lowest BCUT2D eigenvalue weighted by molar-refractivity contribution is -0.217. The number of aliphatic hydroxyl groups excluding tert-OH is 1. The highest BCUT2D eigenvalue weighted by Gasteiger charge is 2.33. The molecule has 1 saturated heterocycles. The van der Waals surface area contributed by atoms with Crippen molar-refractivity contribution in [2.75, 3.05) is 6.61 Å². The molecule has 1 aliphatic rings. The van der Waals surface area contributed by atoms with Gasteiger partial charge in [-0.05, 0) is 6.92 Å². The quantitative estimate of drug-likeness (QED) is 0.567. The van der Waals surface area contributed by atoms with Crippen LogP contribution in [0.25, 0.3) is 0 Å². The Morgan fingerprint density at radius 2 is 2.46 bits per heavy atom. The molecule has 74 valence electrons. The van der Waals surface area contributed by atoms with E-state index in [1.165, 1.54) is 0 Å². The molecule has 1 heterocycles. The highest BCUT2D eigenvalue weighted by Crippen LogP contribution is 2.19. The summed E-state index contributed by atoms with van der Waals surface area (Å²) in [4.78, 5) is 0. The fourth-order valence-electron chi connectivity index (χ4n) is 1.33. The van der Waals surface area contributed by atoms with E-state index in [0.717, 1.165) is 0 Å². The maximum Gasteiger partial charge on any atom is 0.160 e. The van der Waals surface area contributed by atoms with E-state index in [4.69, 9.17) is 21.6 Å². The van der Waals surface area contributed by atoms with Gasteiger partial charge in [-0.3, -0.25) is 0 Å². The monoisotopic (exact) mass is 185 g/mol. The maximum atomic E-state index is 9.44. The second kappa shape index (κ2) is 4.58. The fraction of sp³-hybridized carbons (Fsp3) is 0.778. The molecule has 1 aliphatic heterocycles. The van der Waals surface area contributed by atoms with Crippen LogP contribution in [-0.4, -0.2) is 36.3 Å². The van der Waals surface area contributed by atoms with Crippen molar-refractivity contribution >= 4 is 0 Å². The smallest absolute Gasteiger partial charge is 0.160 e. The minimum atomic E-state index is -0.620. The molecule has 0 amide bonds. The summed E-state index contributed by atoms with van der Waals surface area (Å²) in [6.07, 6.45) is 4.21. The van der Waals surface area contributed by atoms with Gasteiger partial charge in [0.25, 0.3) is 0 Å². The largest absolute Gasteiger partial charge is 0.389 e. The van der Waals surface area contributed by atoms with Gasteiger partial charge in [0.2, 0.25) is 0 Å². The topological polar surface area (TPSA) is 64.7 Å². The molecule has 4 nitrogen and oxygen atoms in total. The minimum absolute atomic E-state index is 0.209. The predicted molar refractivity (Wildman–Crippen MR) is 47.7 cm³/mol. The summed E-state index contributed by atoms with van der Waals surface area (Å²) in [7, 11) is 0. The van der Waals surface area contributed by atoms with Crippen molar-refractivity contribution in [2.24, 2.45) is 5.73 Å². The van der Waals surface area contributed by atoms with Crippen LogP contribution in [0.2, 0.25) is 0 Å². The summed E-state index contributed by atoms with van der Waals surface area (Å²) in [6.45, 7) is 1.97. The summed E-state index contributed by atoms with van der Waals surface area (Å²) in [5.74, 6) is 2.35. The first-order valence-corrected chi connectivity index (χ1v) is 4.29. The Kier molecular flexibility index (Phi) is 3.70. The second-order valence-corrected chi connectivity index (χ2v) is 3.18. The van der Waals surface area contributed by atoms with E-state index in [-0.39, 0.29) is 25.0 Å². The van der Waals surface area contributed by atoms with Crippen LogP contribution in [0.4, 0.5) is 0 Å². The SMILES string of the molecule is C#CCO[C@H]1C[C@H](N)[C@@H](O)[C@H](C)O1. The van der Waals surface area contributed by atoms with Gasteiger partial charge in [0.1, 0.15) is 6.61 Å². The average molecular weight is 185 g/mol. The molecule has 13 heavy (non-hydrogen) atoms. The van der Waals surface area contributed by atoms with E-state index >= 15 is 0 Å². The lowest BCUT2D eigenvalue weighted by atomic mass is 10.0. The van der Waals surface area contributed by atoms with Crippen molar-refractivity contribution in [1.29, 1.82) is 0 Å². The highest BCUT2D eigenvalue weighted by atomic mass is 16.7. The zero-order chi connectivity index (χ0) is 9.84. The van der Waals surface area contributed by atoms with Crippen LogP contribution in [0, 0.1) is 12.3 Å². The molecule has 0 unspecified atom stereocenters. The van der Waals surface area contributed by atoms with E-state index in [2.05, 4.69) is 5.92 Å². The summed E-state index contributed by atoms with van der Waals surface area (Å²) < 4.78 is 10.5. The number of terminal acetylenes is 1. The van der Waals surface area contributed by atoms with Gasteiger partial charge in [0, 0.05) is 12.5 Å². The fourth-order valence-corrected chi connectivity index (χ4v) is 1.33. The van der Waals surface area contributed by atoms with Crippen LogP contribution in [0.1, 0.15) is 13.3 Å². The third-order valence-corrected chi connectivity index (χ3v) is 2.10. The summed E-state index contributed by atoms with van der Waals surface area (Å²) in [6, 6.07) is -0.300. The molecule has 4 atom stereocenters. The standard InChI is InChI=1S/C9H15NO3/c1-3-4-12-8-5-7(10)9(11)6(2)13-8/h1,6-9,11H,4-5,10H2,2H3/t6-,7-,8+,9-/m0/s1. The van der Waals surface area contributed by atoms with Crippen molar-refractivity contribution in [3.63, 3.8) is 0 Å². The molecule has 0 aromatic carbocycles. The Balaban J connectivity index is 2.40. The first-order chi connectivity index (χ1) is 6.15. The van der Waals surface area contributed by atoms with Crippen LogP contribution in [0.15, 0.2) is 0 Å². The van der Waals surface area contributed by atoms with E-state index in [0.29, 0.717) is 6.42 Å². The van der Waals surface area contributed by atoms with Crippen molar-refractivity contribution in [3.8, 4) is 12.3 Å². The second-order valence-electron chi connectivity index (χ2n) is 3.18. The number of hydrogen-bond acceptors (Lipinski definition) is 4. The molecule has 0 aromatic heterocycles. The third kappa shape index (κ3) is 2.68. The molecule has 0 bridgehead atoms. The molecule has 0 saturated carbocycles. The van der Waals surface area contributed by atoms with Crippen molar-refractivity contribution in [3.05, 3.63) is 0 Å². The van der Waals surface area contributed by atoms with Crippen LogP contribution < -0.4 is 5.73 Å². The highest BCUT2D eigenvalue weighted by molar-refractivity contribution is 4.86. The van der Waals surface area contributed by atoms with Crippen LogP contribution in [-0.2, 0) is 9.47 Å². The minimum Gasteiger partial charge on any atom is -0.389 e. The molecule has 0 aliphatic carbocycles. The summed E-state index contributed by atoms with van der Waals surface area (Å²) in [5.41, 5.74) is 5.67. The Morgan fingerprint density at radius 1 is 1.77 bits per heavy atom. The number of hydrogen-bond donors (Lipinski definition) is 2. The zero-order valence-corrected chi connectivity index (χ0v) is 7.64. The Hall–Kier alpha value is -0.600. The Morgan fingerprint density at radius 3 is 3.00 bits per heavy atom. The van der Waals surface area contributed by atoms with Gasteiger partial charge in [-0.2, -0.15) is 0 Å². The predicted octanol–water partition coefficient (Wildman–Crippen LogP) is -0.541. The van der Waals surface area contributed by atoms with Crippen LogP contribution >= 0.6 is 0 Å². The van der Waals surface area contributed by atoms with Gasteiger partial charge in [0.05, 0.1) is 12.2 Å². The van der Waals surface area contributed by atoms with Crippen LogP contribution in [0.3, 0.4) is 0 Å². The normalized spacial score (nSPS) is 39.8. The van der Waals surface area contributed by atoms with E-state index in [9.17, 15) is 5.11 Å². The van der Waals surface area contributed by atoms with Gasteiger partial charge in [0.15, 0.2) is 6.29 Å². The van der Waals surface area contributed by atoms with Crippen molar-refractivity contribution in [2.45, 2.75) is 37.9 Å². The molecule has 0 spiro atoms. The molecule has 1 rings (SSSR count). The average Bonchev–Trinajstić information content (AvgIpc) is 2.10. The van der Waals surface area contributed by atoms with Gasteiger partial charge >= 0.3 is 0 Å². The van der Waals surface area contributed by atoms with E-state index in [1.54, 1.807) is 6.92 Å². The molecule has 4 heteroatoms. The third-order valence-electron chi connectivity index (χ3n) is 2.10. The van der Waals surface area contributed by atoms with Gasteiger partial charge in [-0.1, -0.05) is 5.92 Å². The van der Waals surface area contributed by atoms with Crippen molar-refractivity contribution < 1.29 is 14.6 Å². The molecule has 0 aromatic rings. The lowest BCUT2D eigenvalue weighted by Crippen LogP contribution is -2.51. The molecule has 3 N–H and O–H groups in total. The molecule has 0 radical (unpaired) electrons. The molecular weight excluding hydrogens is 170 g/mol. The Labute approximate surface area is 78.0 Å². The maximum absolute atomic E-state index is 9.44. The van der Waals surface area contributed by atoms with E-state index < -0.39 is 6.10 Å². The first kappa shape index (κ1) is 10.5. The number of nitrogens with two attached hydrogens (primary N) is 1. The van der Waals surface area contributed by atoms with Crippen LogP contribution in [0.5, 0.6) is 0 Å². The first-order valence-electron chi connectivity index (χ1n) is 4.29. The summed E-state index contributed by atoms with van der Waals surface area (Å²) in [5, 5.41) is 9.44.